The predicted molar refractivity (Wildman–Crippen MR) is 109 cm³/mol. The van der Waals surface area contributed by atoms with E-state index < -0.39 is 0 Å². The lowest BCUT2D eigenvalue weighted by Crippen LogP contribution is -2.23. The summed E-state index contributed by atoms with van der Waals surface area (Å²) < 4.78 is 7.27. The number of hydrogen-bond donors (Lipinski definition) is 1. The minimum Gasteiger partial charge on any atom is -0.497 e. The van der Waals surface area contributed by atoms with Gasteiger partial charge in [-0.05, 0) is 48.7 Å². The van der Waals surface area contributed by atoms with Crippen molar-refractivity contribution in [3.05, 3.63) is 77.6 Å². The molecule has 28 heavy (non-hydrogen) atoms. The smallest absolute Gasteiger partial charge is 0.220 e. The van der Waals surface area contributed by atoms with Gasteiger partial charge in [0.1, 0.15) is 5.75 Å². The van der Waals surface area contributed by atoms with Crippen LogP contribution in [-0.4, -0.2) is 22.8 Å². The molecule has 2 aromatic carbocycles. The summed E-state index contributed by atoms with van der Waals surface area (Å²) in [5.74, 6) is 1.46. The van der Waals surface area contributed by atoms with Crippen molar-refractivity contribution in [1.29, 1.82) is 0 Å². The van der Waals surface area contributed by atoms with Gasteiger partial charge in [0.2, 0.25) is 5.91 Å². The van der Waals surface area contributed by atoms with E-state index in [0.717, 1.165) is 22.7 Å². The molecule has 1 aromatic heterocycles. The molecule has 1 N–H and O–H groups in total. The normalized spacial score (nSPS) is 13.3. The maximum atomic E-state index is 12.2. The van der Waals surface area contributed by atoms with Gasteiger partial charge in [-0.1, -0.05) is 30.3 Å². The molecule has 0 radical (unpaired) electrons. The van der Waals surface area contributed by atoms with Crippen molar-refractivity contribution in [2.75, 3.05) is 7.11 Å². The summed E-state index contributed by atoms with van der Waals surface area (Å²) in [5.41, 5.74) is 4.34. The van der Waals surface area contributed by atoms with Gasteiger partial charge in [0, 0.05) is 31.0 Å². The van der Waals surface area contributed by atoms with E-state index in [1.807, 2.05) is 59.3 Å². The van der Waals surface area contributed by atoms with Crippen LogP contribution in [0.15, 0.2) is 60.7 Å². The maximum absolute atomic E-state index is 12.2. The topological polar surface area (TPSA) is 56.2 Å². The van der Waals surface area contributed by atoms with Crippen molar-refractivity contribution in [3.63, 3.8) is 0 Å². The number of aromatic nitrogens is 2. The second kappa shape index (κ2) is 8.30. The van der Waals surface area contributed by atoms with E-state index in [4.69, 9.17) is 9.84 Å². The van der Waals surface area contributed by atoms with Crippen LogP contribution >= 0.6 is 0 Å². The number of nitrogens with one attached hydrogen (secondary N) is 1. The van der Waals surface area contributed by atoms with Crippen molar-refractivity contribution in [3.8, 4) is 11.4 Å². The van der Waals surface area contributed by atoms with Gasteiger partial charge >= 0.3 is 0 Å². The first-order valence-corrected chi connectivity index (χ1v) is 9.77. The van der Waals surface area contributed by atoms with Crippen molar-refractivity contribution in [1.82, 2.24) is 15.1 Å². The Bertz CT molecular complexity index is 928. The Morgan fingerprint density at radius 1 is 1.14 bits per heavy atom. The van der Waals surface area contributed by atoms with Crippen LogP contribution in [0.2, 0.25) is 0 Å². The average molecular weight is 375 g/mol. The van der Waals surface area contributed by atoms with Crippen molar-refractivity contribution in [2.45, 2.75) is 38.1 Å². The van der Waals surface area contributed by atoms with E-state index in [-0.39, 0.29) is 5.91 Å². The Morgan fingerprint density at radius 3 is 2.57 bits per heavy atom. The van der Waals surface area contributed by atoms with E-state index in [1.54, 1.807) is 7.11 Å². The summed E-state index contributed by atoms with van der Waals surface area (Å²) in [6, 6.07) is 20.1. The molecule has 0 aliphatic heterocycles. The van der Waals surface area contributed by atoms with E-state index in [1.165, 1.54) is 18.5 Å². The number of amides is 1. The molecule has 4 rings (SSSR count). The number of nitrogens with zero attached hydrogens (tertiary/aromatic N) is 2. The second-order valence-corrected chi connectivity index (χ2v) is 7.21. The number of rotatable bonds is 8. The third-order valence-corrected chi connectivity index (χ3v) is 5.04. The monoisotopic (exact) mass is 375 g/mol. The van der Waals surface area contributed by atoms with Gasteiger partial charge in [0.25, 0.3) is 0 Å². The number of hydrogen-bond acceptors (Lipinski definition) is 3. The molecule has 0 unspecified atom stereocenters. The Kier molecular flexibility index (Phi) is 5.42. The Labute approximate surface area is 165 Å². The van der Waals surface area contributed by atoms with Crippen LogP contribution in [0.4, 0.5) is 0 Å². The molecule has 1 saturated carbocycles. The molecule has 3 aromatic rings. The minimum atomic E-state index is 0.0517. The Balaban J connectivity index is 1.40. The van der Waals surface area contributed by atoms with Crippen LogP contribution in [0.5, 0.6) is 5.75 Å². The van der Waals surface area contributed by atoms with Crippen LogP contribution in [0.25, 0.3) is 5.69 Å². The zero-order valence-electron chi connectivity index (χ0n) is 16.1. The number of benzene rings is 2. The lowest BCUT2D eigenvalue weighted by molar-refractivity contribution is -0.121. The number of ether oxygens (including phenoxy) is 1. The Hall–Kier alpha value is -3.08. The lowest BCUT2D eigenvalue weighted by Gasteiger charge is -2.07. The summed E-state index contributed by atoms with van der Waals surface area (Å²) in [6.07, 6.45) is 3.50. The molecule has 5 nitrogen and oxygen atoms in total. The van der Waals surface area contributed by atoms with Gasteiger partial charge in [-0.25, -0.2) is 4.68 Å². The van der Waals surface area contributed by atoms with Gasteiger partial charge in [-0.3, -0.25) is 4.79 Å². The van der Waals surface area contributed by atoms with Gasteiger partial charge in [0.05, 0.1) is 18.5 Å². The largest absolute Gasteiger partial charge is 0.497 e. The van der Waals surface area contributed by atoms with Crippen LogP contribution in [-0.2, 0) is 17.8 Å². The van der Waals surface area contributed by atoms with Crippen molar-refractivity contribution >= 4 is 5.91 Å². The quantitative estimate of drug-likeness (QED) is 0.647. The molecule has 1 heterocycles. The zero-order chi connectivity index (χ0) is 19.3. The summed E-state index contributed by atoms with van der Waals surface area (Å²) in [5, 5.41) is 7.77. The molecular formula is C23H25N3O2. The number of methoxy groups -OCH3 is 1. The predicted octanol–water partition coefficient (Wildman–Crippen LogP) is 4.01. The SMILES string of the molecule is COc1ccc(-n2nc(CCC(=O)NCc3ccccc3)cc2C2CC2)cc1. The minimum absolute atomic E-state index is 0.0517. The Morgan fingerprint density at radius 2 is 1.89 bits per heavy atom. The third kappa shape index (κ3) is 4.42. The fourth-order valence-electron chi connectivity index (χ4n) is 3.30. The van der Waals surface area contributed by atoms with Crippen LogP contribution < -0.4 is 10.1 Å². The van der Waals surface area contributed by atoms with Gasteiger partial charge < -0.3 is 10.1 Å². The van der Waals surface area contributed by atoms with Gasteiger partial charge in [-0.15, -0.1) is 0 Å². The molecule has 1 amide bonds. The highest BCUT2D eigenvalue weighted by atomic mass is 16.5. The molecule has 0 saturated heterocycles. The first-order valence-electron chi connectivity index (χ1n) is 9.77. The van der Waals surface area contributed by atoms with Crippen LogP contribution in [0.3, 0.4) is 0 Å². The van der Waals surface area contributed by atoms with E-state index >= 15 is 0 Å². The molecule has 1 aliphatic carbocycles. The highest BCUT2D eigenvalue weighted by molar-refractivity contribution is 5.76. The fourth-order valence-corrected chi connectivity index (χ4v) is 3.30. The molecule has 5 heteroatoms. The lowest BCUT2D eigenvalue weighted by atomic mass is 10.2. The molecule has 0 spiro atoms. The van der Waals surface area contributed by atoms with Crippen molar-refractivity contribution in [2.24, 2.45) is 0 Å². The summed E-state index contributed by atoms with van der Waals surface area (Å²) in [6.45, 7) is 0.563. The molecule has 1 fully saturated rings. The number of carbonyl (C=O) groups excluding carboxylic acids is 1. The molecular weight excluding hydrogens is 350 g/mol. The first-order chi connectivity index (χ1) is 13.7. The standard InChI is InChI=1S/C23H25N3O2/c1-28-21-12-10-20(11-13-21)26-22(18-7-8-18)15-19(25-26)9-14-23(27)24-16-17-5-3-2-4-6-17/h2-6,10-13,15,18H,7-9,14,16H2,1H3,(H,24,27). The fraction of sp³-hybridized carbons (Fsp3) is 0.304. The average Bonchev–Trinajstić information content (AvgIpc) is 3.51. The number of aryl methyl sites for hydroxylation is 1. The highest BCUT2D eigenvalue weighted by Crippen LogP contribution is 2.41. The van der Waals surface area contributed by atoms with E-state index in [2.05, 4.69) is 11.4 Å². The van der Waals surface area contributed by atoms with Crippen LogP contribution in [0, 0.1) is 0 Å². The second-order valence-electron chi connectivity index (χ2n) is 7.21. The molecule has 0 bridgehead atoms. The molecule has 0 atom stereocenters. The summed E-state index contributed by atoms with van der Waals surface area (Å²) in [4.78, 5) is 12.2. The van der Waals surface area contributed by atoms with E-state index in [0.29, 0.717) is 25.3 Å². The summed E-state index contributed by atoms with van der Waals surface area (Å²) in [7, 11) is 1.67. The third-order valence-electron chi connectivity index (χ3n) is 5.04. The molecule has 1 aliphatic rings. The number of carbonyl (C=O) groups is 1. The van der Waals surface area contributed by atoms with Crippen LogP contribution in [0.1, 0.15) is 42.1 Å². The molecule has 144 valence electrons. The van der Waals surface area contributed by atoms with Gasteiger partial charge in [0.15, 0.2) is 0 Å². The van der Waals surface area contributed by atoms with Gasteiger partial charge in [-0.2, -0.15) is 5.10 Å². The first kappa shape index (κ1) is 18.3. The van der Waals surface area contributed by atoms with E-state index in [9.17, 15) is 4.79 Å². The maximum Gasteiger partial charge on any atom is 0.220 e. The summed E-state index contributed by atoms with van der Waals surface area (Å²) >= 11 is 0. The zero-order valence-corrected chi connectivity index (χ0v) is 16.1. The van der Waals surface area contributed by atoms with Crippen molar-refractivity contribution < 1.29 is 9.53 Å². The highest BCUT2D eigenvalue weighted by Gasteiger charge is 2.28.